The molecule has 92 valence electrons. The Morgan fingerprint density at radius 2 is 1.78 bits per heavy atom. The molecule has 18 heavy (non-hydrogen) atoms. The van der Waals surface area contributed by atoms with E-state index in [0.717, 1.165) is 27.5 Å². The van der Waals surface area contributed by atoms with E-state index >= 15 is 0 Å². The van der Waals surface area contributed by atoms with Crippen LogP contribution < -0.4 is 9.47 Å². The minimum atomic E-state index is -1.03. The molecule has 2 aromatic carbocycles. The summed E-state index contributed by atoms with van der Waals surface area (Å²) in [5.41, 5.74) is 1.86. The molecule has 3 nitrogen and oxygen atoms in total. The summed E-state index contributed by atoms with van der Waals surface area (Å²) in [4.78, 5) is 0.807. The number of hydrogen-bond donors (Lipinski definition) is 0. The first-order chi connectivity index (χ1) is 8.77. The van der Waals surface area contributed by atoms with Gasteiger partial charge in [0.2, 0.25) is 6.79 Å². The molecule has 3 rings (SSSR count). The molecule has 2 aromatic rings. The van der Waals surface area contributed by atoms with E-state index in [1.54, 1.807) is 6.26 Å². The largest absolute Gasteiger partial charge is 0.454 e. The Kier molecular flexibility index (Phi) is 2.80. The van der Waals surface area contributed by atoms with E-state index in [1.165, 1.54) is 0 Å². The average Bonchev–Trinajstić information content (AvgIpc) is 2.86. The molecule has 0 radical (unpaired) electrons. The Hall–Kier alpha value is -1.81. The van der Waals surface area contributed by atoms with Crippen molar-refractivity contribution in [2.45, 2.75) is 4.90 Å². The maximum absolute atomic E-state index is 11.8. The van der Waals surface area contributed by atoms with Crippen LogP contribution in [0.25, 0.3) is 11.1 Å². The third-order valence-corrected chi connectivity index (χ3v) is 3.86. The van der Waals surface area contributed by atoms with Crippen LogP contribution in [0, 0.1) is 0 Å². The highest BCUT2D eigenvalue weighted by Gasteiger charge is 2.20. The zero-order chi connectivity index (χ0) is 12.5. The highest BCUT2D eigenvalue weighted by atomic mass is 32.2. The first kappa shape index (κ1) is 11.3. The molecule has 0 saturated heterocycles. The number of fused-ring (bicyclic) bond motifs is 1. The maximum atomic E-state index is 11.8. The molecular formula is C14H12O3S. The van der Waals surface area contributed by atoms with E-state index in [1.807, 2.05) is 42.5 Å². The van der Waals surface area contributed by atoms with Gasteiger partial charge in [0.05, 0.1) is 10.8 Å². The highest BCUT2D eigenvalue weighted by Crippen LogP contribution is 2.42. The van der Waals surface area contributed by atoms with Gasteiger partial charge in [-0.25, -0.2) is 0 Å². The molecule has 1 atom stereocenters. The van der Waals surface area contributed by atoms with Gasteiger partial charge in [-0.3, -0.25) is 4.21 Å². The standard InChI is InChI=1S/C14H12O3S/c1-18(15)13-8-3-2-5-10(13)11-6-4-7-12-14(11)17-9-16-12/h2-8H,9H2,1H3. The van der Waals surface area contributed by atoms with Crippen LogP contribution >= 0.6 is 0 Å². The molecule has 1 aliphatic heterocycles. The number of benzene rings is 2. The second kappa shape index (κ2) is 4.46. The van der Waals surface area contributed by atoms with Crippen LogP contribution in [0.5, 0.6) is 11.5 Å². The zero-order valence-electron chi connectivity index (χ0n) is 9.88. The summed E-state index contributed by atoms with van der Waals surface area (Å²) < 4.78 is 22.6. The van der Waals surface area contributed by atoms with Crippen LogP contribution in [0.3, 0.4) is 0 Å². The van der Waals surface area contributed by atoms with Gasteiger partial charge < -0.3 is 9.47 Å². The van der Waals surface area contributed by atoms with Gasteiger partial charge in [-0.15, -0.1) is 0 Å². The van der Waals surface area contributed by atoms with Crippen LogP contribution in [0.1, 0.15) is 0 Å². The van der Waals surface area contributed by atoms with Crippen molar-refractivity contribution >= 4 is 10.8 Å². The van der Waals surface area contributed by atoms with E-state index in [9.17, 15) is 4.21 Å². The molecule has 1 aliphatic rings. The van der Waals surface area contributed by atoms with Crippen molar-refractivity contribution in [3.05, 3.63) is 42.5 Å². The molecule has 0 aliphatic carbocycles. The van der Waals surface area contributed by atoms with Crippen molar-refractivity contribution in [1.29, 1.82) is 0 Å². The SMILES string of the molecule is CS(=O)c1ccccc1-c1cccc2c1OCO2. The quantitative estimate of drug-likeness (QED) is 0.833. The van der Waals surface area contributed by atoms with Crippen LogP contribution in [-0.4, -0.2) is 17.3 Å². The lowest BCUT2D eigenvalue weighted by Crippen LogP contribution is -1.95. The average molecular weight is 260 g/mol. The van der Waals surface area contributed by atoms with Crippen molar-refractivity contribution in [3.63, 3.8) is 0 Å². The lowest BCUT2D eigenvalue weighted by Gasteiger charge is -2.09. The van der Waals surface area contributed by atoms with Gasteiger partial charge in [0.25, 0.3) is 0 Å². The third-order valence-electron chi connectivity index (χ3n) is 2.88. The minimum absolute atomic E-state index is 0.240. The summed E-state index contributed by atoms with van der Waals surface area (Å²) in [5.74, 6) is 1.47. The molecule has 0 aromatic heterocycles. The molecule has 4 heteroatoms. The van der Waals surface area contributed by atoms with Gasteiger partial charge in [0, 0.05) is 22.3 Å². The number of para-hydroxylation sites is 1. The van der Waals surface area contributed by atoms with Gasteiger partial charge in [0.1, 0.15) is 0 Å². The Bertz CT molecular complexity index is 622. The third kappa shape index (κ3) is 1.78. The van der Waals surface area contributed by atoms with E-state index in [4.69, 9.17) is 9.47 Å². The molecule has 0 saturated carbocycles. The Morgan fingerprint density at radius 3 is 2.61 bits per heavy atom. The van der Waals surface area contributed by atoms with Crippen molar-refractivity contribution in [3.8, 4) is 22.6 Å². The van der Waals surface area contributed by atoms with Crippen molar-refractivity contribution in [2.24, 2.45) is 0 Å². The number of ether oxygens (including phenoxy) is 2. The molecule has 0 bridgehead atoms. The number of rotatable bonds is 2. The van der Waals surface area contributed by atoms with E-state index < -0.39 is 10.8 Å². The molecule has 0 N–H and O–H groups in total. The second-order valence-corrected chi connectivity index (χ2v) is 5.34. The molecule has 0 fully saturated rings. The smallest absolute Gasteiger partial charge is 0.231 e. The molecule has 0 spiro atoms. The summed E-state index contributed by atoms with van der Waals surface area (Å²) in [7, 11) is -1.03. The second-order valence-electron chi connectivity index (χ2n) is 3.99. The summed E-state index contributed by atoms with van der Waals surface area (Å²) >= 11 is 0. The molecular weight excluding hydrogens is 248 g/mol. The predicted molar refractivity (Wildman–Crippen MR) is 70.3 cm³/mol. The summed E-state index contributed by atoms with van der Waals surface area (Å²) in [6.45, 7) is 0.240. The van der Waals surface area contributed by atoms with Crippen LogP contribution in [0.15, 0.2) is 47.4 Å². The zero-order valence-corrected chi connectivity index (χ0v) is 10.7. The molecule has 0 amide bonds. The predicted octanol–water partition coefficient (Wildman–Crippen LogP) is 2.82. The fraction of sp³-hybridized carbons (Fsp3) is 0.143. The first-order valence-corrected chi connectivity index (χ1v) is 7.14. The first-order valence-electron chi connectivity index (χ1n) is 5.59. The monoisotopic (exact) mass is 260 g/mol. The fourth-order valence-electron chi connectivity index (χ4n) is 2.08. The van der Waals surface area contributed by atoms with E-state index in [2.05, 4.69) is 0 Å². The van der Waals surface area contributed by atoms with Gasteiger partial charge in [-0.05, 0) is 12.1 Å². The number of hydrogen-bond acceptors (Lipinski definition) is 3. The summed E-state index contributed by atoms with van der Waals surface area (Å²) in [5, 5.41) is 0. The molecule has 1 unspecified atom stereocenters. The Balaban J connectivity index is 2.22. The normalized spacial score (nSPS) is 14.5. The topological polar surface area (TPSA) is 35.5 Å². The minimum Gasteiger partial charge on any atom is -0.454 e. The fourth-order valence-corrected chi connectivity index (χ4v) is 2.84. The summed E-state index contributed by atoms with van der Waals surface area (Å²) in [6, 6.07) is 13.4. The maximum Gasteiger partial charge on any atom is 0.231 e. The van der Waals surface area contributed by atoms with Crippen molar-refractivity contribution in [1.82, 2.24) is 0 Å². The van der Waals surface area contributed by atoms with Gasteiger partial charge in [-0.2, -0.15) is 0 Å². The Morgan fingerprint density at radius 1 is 1.00 bits per heavy atom. The van der Waals surface area contributed by atoms with Gasteiger partial charge in [-0.1, -0.05) is 30.3 Å². The van der Waals surface area contributed by atoms with Gasteiger partial charge >= 0.3 is 0 Å². The van der Waals surface area contributed by atoms with Crippen LogP contribution in [-0.2, 0) is 10.8 Å². The lowest BCUT2D eigenvalue weighted by atomic mass is 10.0. The lowest BCUT2D eigenvalue weighted by molar-refractivity contribution is 0.174. The van der Waals surface area contributed by atoms with Crippen LogP contribution in [0.2, 0.25) is 0 Å². The van der Waals surface area contributed by atoms with Crippen LogP contribution in [0.4, 0.5) is 0 Å². The summed E-state index contributed by atoms with van der Waals surface area (Å²) in [6.07, 6.45) is 1.68. The highest BCUT2D eigenvalue weighted by molar-refractivity contribution is 7.84. The van der Waals surface area contributed by atoms with E-state index in [0.29, 0.717) is 0 Å². The Labute approximate surface area is 108 Å². The molecule has 1 heterocycles. The van der Waals surface area contributed by atoms with Crippen molar-refractivity contribution < 1.29 is 13.7 Å². The van der Waals surface area contributed by atoms with Crippen molar-refractivity contribution in [2.75, 3.05) is 13.0 Å². The van der Waals surface area contributed by atoms with E-state index in [-0.39, 0.29) is 6.79 Å². The van der Waals surface area contributed by atoms with Gasteiger partial charge in [0.15, 0.2) is 11.5 Å².